The molecule has 0 aliphatic carbocycles. The van der Waals surface area contributed by atoms with Crippen LogP contribution in [0.25, 0.3) is 0 Å². The van der Waals surface area contributed by atoms with E-state index in [4.69, 9.17) is 10.2 Å². The lowest BCUT2D eigenvalue weighted by atomic mass is 10.6. The van der Waals surface area contributed by atoms with Gasteiger partial charge in [0, 0.05) is 6.07 Å². The molecule has 1 aromatic heterocycles. The average Bonchev–Trinajstić information content (AvgIpc) is 1.91. The van der Waals surface area contributed by atoms with Crippen molar-refractivity contribution >= 4 is 21.6 Å². The van der Waals surface area contributed by atoms with Gasteiger partial charge in [0.05, 0.1) is 12.0 Å². The quantitative estimate of drug-likeness (QED) is 0.629. The lowest BCUT2D eigenvalue weighted by molar-refractivity contribution is 0.542. The molecule has 0 bridgehead atoms. The summed E-state index contributed by atoms with van der Waals surface area (Å²) < 4.78 is 5.36. The molecule has 0 aliphatic heterocycles. The third-order valence-corrected chi connectivity index (χ3v) is 1.29. The fourth-order valence-electron chi connectivity index (χ4n) is 0.301. The van der Waals surface area contributed by atoms with Crippen LogP contribution in [-0.4, -0.2) is 0 Å². The van der Waals surface area contributed by atoms with Crippen molar-refractivity contribution in [2.24, 2.45) is 0 Å². The van der Waals surface area contributed by atoms with E-state index in [9.17, 15) is 0 Å². The molecule has 0 atom stereocenters. The molecule has 1 rings (SSSR count). The van der Waals surface area contributed by atoms with E-state index in [-0.39, 0.29) is 0 Å². The topological polar surface area (TPSA) is 39.2 Å². The Kier molecular flexibility index (Phi) is 1.06. The van der Waals surface area contributed by atoms with Crippen LogP contribution < -0.4 is 5.73 Å². The Balaban J connectivity index is 3.12. The third kappa shape index (κ3) is 0.771. The van der Waals surface area contributed by atoms with Crippen LogP contribution in [-0.2, 0) is 0 Å². The van der Waals surface area contributed by atoms with Crippen molar-refractivity contribution in [2.45, 2.75) is 0 Å². The molecule has 1 heterocycles. The first kappa shape index (κ1) is 4.71. The molecule has 0 saturated carbocycles. The maximum Gasteiger partial charge on any atom is 0.191 e. The highest BCUT2D eigenvalue weighted by molar-refractivity contribution is 9.10. The lowest BCUT2D eigenvalue weighted by Gasteiger charge is -1.77. The first-order valence-corrected chi connectivity index (χ1v) is 2.58. The molecular formula is C4H4BrNO. The Bertz CT molecular complexity index is 144. The van der Waals surface area contributed by atoms with Crippen LogP contribution in [0.1, 0.15) is 0 Å². The molecule has 0 aromatic carbocycles. The van der Waals surface area contributed by atoms with E-state index < -0.39 is 0 Å². The van der Waals surface area contributed by atoms with E-state index in [1.54, 1.807) is 6.07 Å². The maximum atomic E-state index is 5.30. The molecule has 1 aromatic rings. The van der Waals surface area contributed by atoms with Crippen LogP contribution in [0.3, 0.4) is 0 Å². The lowest BCUT2D eigenvalue weighted by Crippen LogP contribution is -1.77. The van der Waals surface area contributed by atoms with Gasteiger partial charge in [-0.1, -0.05) is 0 Å². The first-order chi connectivity index (χ1) is 3.30. The highest BCUT2D eigenvalue weighted by Gasteiger charge is 1.92. The summed E-state index contributed by atoms with van der Waals surface area (Å²) in [6, 6.07) is 1.68. The largest absolute Gasteiger partial charge is 0.455 e. The molecule has 7 heavy (non-hydrogen) atoms. The number of rotatable bonds is 0. The van der Waals surface area contributed by atoms with Gasteiger partial charge in [-0.15, -0.1) is 0 Å². The predicted molar refractivity (Wildman–Crippen MR) is 30.8 cm³/mol. The Hall–Kier alpha value is -0.440. The standard InChI is InChI=1S/C4H4BrNO/c5-4-3(6)1-2-7-4/h1-2H,6H2. The Morgan fingerprint density at radius 3 is 2.57 bits per heavy atom. The highest BCUT2D eigenvalue weighted by Crippen LogP contribution is 2.18. The predicted octanol–water partition coefficient (Wildman–Crippen LogP) is 1.62. The van der Waals surface area contributed by atoms with E-state index in [1.165, 1.54) is 6.26 Å². The summed E-state index contributed by atoms with van der Waals surface area (Å²) in [6.45, 7) is 0. The molecule has 2 N–H and O–H groups in total. The van der Waals surface area contributed by atoms with Crippen molar-refractivity contribution in [2.75, 3.05) is 5.73 Å². The number of furan rings is 1. The van der Waals surface area contributed by atoms with Gasteiger partial charge in [0.15, 0.2) is 4.67 Å². The van der Waals surface area contributed by atoms with Crippen LogP contribution in [0.15, 0.2) is 21.4 Å². The van der Waals surface area contributed by atoms with Gasteiger partial charge in [-0.3, -0.25) is 0 Å². The summed E-state index contributed by atoms with van der Waals surface area (Å²) in [4.78, 5) is 0. The van der Waals surface area contributed by atoms with Crippen molar-refractivity contribution in [3.05, 3.63) is 17.0 Å². The molecule has 0 spiro atoms. The molecule has 0 fully saturated rings. The normalized spacial score (nSPS) is 9.29. The van der Waals surface area contributed by atoms with Crippen molar-refractivity contribution in [1.82, 2.24) is 0 Å². The van der Waals surface area contributed by atoms with E-state index in [2.05, 4.69) is 15.9 Å². The number of nitrogens with two attached hydrogens (primary N) is 1. The van der Waals surface area contributed by atoms with Crippen molar-refractivity contribution in [3.8, 4) is 0 Å². The first-order valence-electron chi connectivity index (χ1n) is 1.79. The van der Waals surface area contributed by atoms with Gasteiger partial charge in [-0.05, 0) is 15.9 Å². The summed E-state index contributed by atoms with van der Waals surface area (Å²) in [5, 5.41) is 0. The zero-order chi connectivity index (χ0) is 5.28. The molecular weight excluding hydrogens is 158 g/mol. The molecule has 0 amide bonds. The fraction of sp³-hybridized carbons (Fsp3) is 0. The maximum absolute atomic E-state index is 5.30. The second-order valence-electron chi connectivity index (χ2n) is 1.15. The van der Waals surface area contributed by atoms with Gasteiger partial charge in [0.2, 0.25) is 0 Å². The third-order valence-electron chi connectivity index (χ3n) is 0.646. The Labute approximate surface area is 49.4 Å². The molecule has 0 unspecified atom stereocenters. The average molecular weight is 162 g/mol. The summed E-state index contributed by atoms with van der Waals surface area (Å²) in [5.41, 5.74) is 5.94. The summed E-state index contributed by atoms with van der Waals surface area (Å²) in [7, 11) is 0. The van der Waals surface area contributed by atoms with E-state index in [0.717, 1.165) is 0 Å². The number of nitrogen functional groups attached to an aromatic ring is 1. The van der Waals surface area contributed by atoms with Gasteiger partial charge in [0.25, 0.3) is 0 Å². The summed E-state index contributed by atoms with van der Waals surface area (Å²) in [6.07, 6.45) is 1.53. The fourth-order valence-corrected chi connectivity index (χ4v) is 0.541. The van der Waals surface area contributed by atoms with E-state index in [1.807, 2.05) is 0 Å². The Morgan fingerprint density at radius 2 is 2.43 bits per heavy atom. The molecule has 38 valence electrons. The van der Waals surface area contributed by atoms with Crippen molar-refractivity contribution in [3.63, 3.8) is 0 Å². The molecule has 3 heteroatoms. The second-order valence-corrected chi connectivity index (χ2v) is 1.87. The van der Waals surface area contributed by atoms with Crippen LogP contribution in [0.4, 0.5) is 5.69 Å². The van der Waals surface area contributed by atoms with Gasteiger partial charge >= 0.3 is 0 Å². The summed E-state index contributed by atoms with van der Waals surface area (Å²) >= 11 is 3.07. The van der Waals surface area contributed by atoms with E-state index >= 15 is 0 Å². The number of anilines is 1. The minimum Gasteiger partial charge on any atom is -0.455 e. The van der Waals surface area contributed by atoms with Crippen LogP contribution in [0, 0.1) is 0 Å². The monoisotopic (exact) mass is 161 g/mol. The summed E-state index contributed by atoms with van der Waals surface area (Å²) in [5.74, 6) is 0. The number of hydrogen-bond donors (Lipinski definition) is 1. The van der Waals surface area contributed by atoms with Crippen LogP contribution in [0.2, 0.25) is 0 Å². The molecule has 2 nitrogen and oxygen atoms in total. The molecule has 0 aliphatic rings. The van der Waals surface area contributed by atoms with Crippen LogP contribution in [0.5, 0.6) is 0 Å². The SMILES string of the molecule is Nc1ccoc1Br. The smallest absolute Gasteiger partial charge is 0.191 e. The van der Waals surface area contributed by atoms with E-state index in [0.29, 0.717) is 10.4 Å². The number of halogens is 1. The van der Waals surface area contributed by atoms with Gasteiger partial charge < -0.3 is 10.2 Å². The minimum absolute atomic E-state index is 0.604. The Morgan fingerprint density at radius 1 is 1.71 bits per heavy atom. The minimum atomic E-state index is 0.604. The van der Waals surface area contributed by atoms with Crippen molar-refractivity contribution < 1.29 is 4.42 Å². The van der Waals surface area contributed by atoms with Gasteiger partial charge in [-0.2, -0.15) is 0 Å². The zero-order valence-electron chi connectivity index (χ0n) is 3.52. The van der Waals surface area contributed by atoms with Gasteiger partial charge in [-0.25, -0.2) is 0 Å². The molecule has 0 radical (unpaired) electrons. The molecule has 0 saturated heterocycles. The van der Waals surface area contributed by atoms with Gasteiger partial charge in [0.1, 0.15) is 0 Å². The number of hydrogen-bond acceptors (Lipinski definition) is 2. The zero-order valence-corrected chi connectivity index (χ0v) is 5.10. The highest BCUT2D eigenvalue weighted by atomic mass is 79.9. The van der Waals surface area contributed by atoms with Crippen molar-refractivity contribution in [1.29, 1.82) is 0 Å². The van der Waals surface area contributed by atoms with Crippen LogP contribution >= 0.6 is 15.9 Å². The second kappa shape index (κ2) is 1.58.